The molecule has 0 aromatic carbocycles. The van der Waals surface area contributed by atoms with E-state index in [2.05, 4.69) is 16.9 Å². The molecule has 0 radical (unpaired) electrons. The quantitative estimate of drug-likeness (QED) is 0.871. The summed E-state index contributed by atoms with van der Waals surface area (Å²) in [6.07, 6.45) is 0. The number of aromatic nitrogens is 2. The van der Waals surface area contributed by atoms with Gasteiger partial charge in [0, 0.05) is 20.6 Å². The van der Waals surface area contributed by atoms with Gasteiger partial charge in [-0.15, -0.1) is 11.3 Å². The van der Waals surface area contributed by atoms with Crippen molar-refractivity contribution in [2.75, 3.05) is 13.6 Å². The van der Waals surface area contributed by atoms with Crippen molar-refractivity contribution >= 4 is 17.2 Å². The molecule has 21 heavy (non-hydrogen) atoms. The predicted octanol–water partition coefficient (Wildman–Crippen LogP) is 1.37. The van der Waals surface area contributed by atoms with Crippen molar-refractivity contribution in [2.24, 2.45) is 12.8 Å². The second-order valence-electron chi connectivity index (χ2n) is 4.78. The Bertz CT molecular complexity index is 705. The van der Waals surface area contributed by atoms with Crippen LogP contribution in [0.5, 0.6) is 0 Å². The van der Waals surface area contributed by atoms with Crippen LogP contribution in [0.2, 0.25) is 0 Å². The van der Waals surface area contributed by atoms with E-state index in [9.17, 15) is 4.79 Å². The third-order valence-electron chi connectivity index (χ3n) is 2.95. The number of thiophene rings is 1. The molecule has 0 spiro atoms. The predicted molar refractivity (Wildman–Crippen MR) is 84.0 cm³/mol. The highest BCUT2D eigenvalue weighted by Gasteiger charge is 2.16. The first-order valence-corrected chi connectivity index (χ1v) is 7.41. The SMILES string of the molecule is Cc1cc(C(=O)N(C)Cc2csc(C#CCN)c2)n(C)n1. The Balaban J connectivity index is 2.07. The molecular formula is C15H18N4OS. The van der Waals surface area contributed by atoms with Crippen LogP contribution in [-0.4, -0.2) is 34.2 Å². The summed E-state index contributed by atoms with van der Waals surface area (Å²) in [5.41, 5.74) is 7.85. The number of amides is 1. The number of nitrogens with two attached hydrogens (primary N) is 1. The van der Waals surface area contributed by atoms with E-state index >= 15 is 0 Å². The summed E-state index contributed by atoms with van der Waals surface area (Å²) in [4.78, 5) is 15.0. The van der Waals surface area contributed by atoms with Crippen molar-refractivity contribution < 1.29 is 4.79 Å². The maximum atomic E-state index is 12.4. The van der Waals surface area contributed by atoms with Crippen LogP contribution in [0, 0.1) is 18.8 Å². The first-order valence-electron chi connectivity index (χ1n) is 6.53. The fourth-order valence-corrected chi connectivity index (χ4v) is 2.79. The molecule has 0 aliphatic carbocycles. The van der Waals surface area contributed by atoms with Crippen LogP contribution in [0.25, 0.3) is 0 Å². The smallest absolute Gasteiger partial charge is 0.272 e. The molecule has 110 valence electrons. The van der Waals surface area contributed by atoms with Gasteiger partial charge in [0.2, 0.25) is 0 Å². The lowest BCUT2D eigenvalue weighted by Crippen LogP contribution is -2.27. The van der Waals surface area contributed by atoms with E-state index in [1.54, 1.807) is 41.1 Å². The highest BCUT2D eigenvalue weighted by Crippen LogP contribution is 2.16. The monoisotopic (exact) mass is 302 g/mol. The van der Waals surface area contributed by atoms with Crippen LogP contribution in [0.1, 0.15) is 26.6 Å². The van der Waals surface area contributed by atoms with E-state index in [-0.39, 0.29) is 5.91 Å². The minimum atomic E-state index is -0.0427. The van der Waals surface area contributed by atoms with Crippen molar-refractivity contribution in [2.45, 2.75) is 13.5 Å². The number of nitrogens with zero attached hydrogens (tertiary/aromatic N) is 3. The lowest BCUT2D eigenvalue weighted by Gasteiger charge is -2.16. The lowest BCUT2D eigenvalue weighted by molar-refractivity contribution is 0.0774. The number of carbonyl (C=O) groups excluding carboxylic acids is 1. The Kier molecular flexibility index (Phi) is 4.78. The summed E-state index contributed by atoms with van der Waals surface area (Å²) in [5.74, 6) is 5.78. The van der Waals surface area contributed by atoms with Crippen LogP contribution in [0.15, 0.2) is 17.5 Å². The highest BCUT2D eigenvalue weighted by molar-refractivity contribution is 7.10. The van der Waals surface area contributed by atoms with Gasteiger partial charge in [-0.25, -0.2) is 0 Å². The Labute approximate surface area is 128 Å². The first kappa shape index (κ1) is 15.3. The molecular weight excluding hydrogens is 284 g/mol. The Morgan fingerprint density at radius 3 is 2.90 bits per heavy atom. The van der Waals surface area contributed by atoms with E-state index < -0.39 is 0 Å². The van der Waals surface area contributed by atoms with Crippen molar-refractivity contribution in [3.05, 3.63) is 39.3 Å². The molecule has 2 heterocycles. The van der Waals surface area contributed by atoms with Gasteiger partial charge in [-0.05, 0) is 30.0 Å². The molecule has 0 fully saturated rings. The van der Waals surface area contributed by atoms with E-state index in [0.717, 1.165) is 16.1 Å². The van der Waals surface area contributed by atoms with Gasteiger partial charge in [-0.2, -0.15) is 5.10 Å². The van der Waals surface area contributed by atoms with E-state index in [0.29, 0.717) is 18.8 Å². The van der Waals surface area contributed by atoms with Crippen molar-refractivity contribution in [3.63, 3.8) is 0 Å². The van der Waals surface area contributed by atoms with Gasteiger partial charge in [0.1, 0.15) is 5.69 Å². The summed E-state index contributed by atoms with van der Waals surface area (Å²) in [7, 11) is 3.56. The van der Waals surface area contributed by atoms with Crippen LogP contribution in [-0.2, 0) is 13.6 Å². The first-order chi connectivity index (χ1) is 10.0. The maximum absolute atomic E-state index is 12.4. The number of rotatable bonds is 3. The van der Waals surface area contributed by atoms with Gasteiger partial charge >= 0.3 is 0 Å². The normalized spacial score (nSPS) is 10.1. The molecule has 2 rings (SSSR count). The van der Waals surface area contributed by atoms with Gasteiger partial charge in [-0.1, -0.05) is 11.8 Å². The Morgan fingerprint density at radius 1 is 1.52 bits per heavy atom. The highest BCUT2D eigenvalue weighted by atomic mass is 32.1. The second-order valence-corrected chi connectivity index (χ2v) is 5.69. The maximum Gasteiger partial charge on any atom is 0.272 e. The number of aryl methyl sites for hydroxylation is 2. The zero-order valence-corrected chi connectivity index (χ0v) is 13.2. The minimum absolute atomic E-state index is 0.0427. The van der Waals surface area contributed by atoms with Crippen molar-refractivity contribution in [1.82, 2.24) is 14.7 Å². The topological polar surface area (TPSA) is 64.2 Å². The van der Waals surface area contributed by atoms with Gasteiger partial charge < -0.3 is 10.6 Å². The standard InChI is InChI=1S/C15H18N4OS/c1-11-7-14(19(3)17-11)15(20)18(2)9-12-8-13(21-10-12)5-4-6-16/h7-8,10H,6,9,16H2,1-3H3. The molecule has 1 amide bonds. The van der Waals surface area contributed by atoms with Gasteiger partial charge in [0.05, 0.1) is 17.1 Å². The van der Waals surface area contributed by atoms with E-state index in [1.165, 1.54) is 0 Å². The zero-order valence-electron chi connectivity index (χ0n) is 12.4. The van der Waals surface area contributed by atoms with Gasteiger partial charge in [-0.3, -0.25) is 9.48 Å². The summed E-state index contributed by atoms with van der Waals surface area (Å²) in [6.45, 7) is 2.77. The summed E-state index contributed by atoms with van der Waals surface area (Å²) >= 11 is 1.56. The van der Waals surface area contributed by atoms with Crippen LogP contribution in [0.3, 0.4) is 0 Å². The molecule has 0 unspecified atom stereocenters. The molecule has 0 bridgehead atoms. The van der Waals surface area contributed by atoms with E-state index in [4.69, 9.17) is 5.73 Å². The molecule has 2 aromatic rings. The molecule has 0 saturated heterocycles. The molecule has 2 aromatic heterocycles. The fraction of sp³-hybridized carbons (Fsp3) is 0.333. The summed E-state index contributed by atoms with van der Waals surface area (Å²) in [6, 6.07) is 3.79. The Hall–Kier alpha value is -2.10. The molecule has 0 saturated carbocycles. The van der Waals surface area contributed by atoms with E-state index in [1.807, 2.05) is 18.4 Å². The van der Waals surface area contributed by atoms with Crippen LogP contribution < -0.4 is 5.73 Å². The minimum Gasteiger partial charge on any atom is -0.336 e. The van der Waals surface area contributed by atoms with Crippen molar-refractivity contribution in [3.8, 4) is 11.8 Å². The molecule has 0 aliphatic heterocycles. The zero-order chi connectivity index (χ0) is 15.4. The van der Waals surface area contributed by atoms with Gasteiger partial charge in [0.15, 0.2) is 0 Å². The molecule has 6 heteroatoms. The van der Waals surface area contributed by atoms with Crippen molar-refractivity contribution in [1.29, 1.82) is 0 Å². The average molecular weight is 302 g/mol. The lowest BCUT2D eigenvalue weighted by atomic mass is 10.2. The fourth-order valence-electron chi connectivity index (χ4n) is 2.01. The molecule has 5 nitrogen and oxygen atoms in total. The molecule has 2 N–H and O–H groups in total. The van der Waals surface area contributed by atoms with Crippen LogP contribution >= 0.6 is 11.3 Å². The third-order valence-corrected chi connectivity index (χ3v) is 3.85. The molecule has 0 atom stereocenters. The Morgan fingerprint density at radius 2 is 2.29 bits per heavy atom. The summed E-state index contributed by atoms with van der Waals surface area (Å²) in [5, 5.41) is 6.21. The second kappa shape index (κ2) is 6.57. The summed E-state index contributed by atoms with van der Waals surface area (Å²) < 4.78 is 1.61. The molecule has 0 aliphatic rings. The third kappa shape index (κ3) is 3.72. The number of hydrogen-bond acceptors (Lipinski definition) is 4. The van der Waals surface area contributed by atoms with Crippen LogP contribution in [0.4, 0.5) is 0 Å². The number of hydrogen-bond donors (Lipinski definition) is 1. The van der Waals surface area contributed by atoms with Gasteiger partial charge in [0.25, 0.3) is 5.91 Å². The average Bonchev–Trinajstić information content (AvgIpc) is 3.02. The number of carbonyl (C=O) groups is 1. The largest absolute Gasteiger partial charge is 0.336 e.